The predicted molar refractivity (Wildman–Crippen MR) is 92.4 cm³/mol. The van der Waals surface area contributed by atoms with E-state index in [2.05, 4.69) is 12.2 Å². The van der Waals surface area contributed by atoms with Crippen molar-refractivity contribution >= 4 is 12.1 Å². The Morgan fingerprint density at radius 1 is 0.826 bits per heavy atom. The third-order valence-electron chi connectivity index (χ3n) is 3.67. The molecule has 0 unspecified atom stereocenters. The highest BCUT2D eigenvalue weighted by atomic mass is 16.6. The maximum absolute atomic E-state index is 12.1. The lowest BCUT2D eigenvalue weighted by atomic mass is 10.1. The van der Waals surface area contributed by atoms with Crippen LogP contribution in [0.3, 0.4) is 0 Å². The molecular weight excluding hydrogens is 294 g/mol. The number of rotatable bonds is 13. The van der Waals surface area contributed by atoms with E-state index < -0.39 is 12.1 Å². The van der Waals surface area contributed by atoms with Crippen molar-refractivity contribution in [3.63, 3.8) is 0 Å². The summed E-state index contributed by atoms with van der Waals surface area (Å²) in [6.45, 7) is 8.76. The Kier molecular flexibility index (Phi) is 13.6. The molecule has 0 aromatic rings. The van der Waals surface area contributed by atoms with Gasteiger partial charge in [-0.15, -0.1) is 0 Å². The van der Waals surface area contributed by atoms with Gasteiger partial charge in [-0.3, -0.25) is 0 Å². The van der Waals surface area contributed by atoms with Crippen LogP contribution >= 0.6 is 0 Å². The summed E-state index contributed by atoms with van der Waals surface area (Å²) in [7, 11) is 0. The van der Waals surface area contributed by atoms with E-state index in [9.17, 15) is 9.59 Å². The van der Waals surface area contributed by atoms with Gasteiger partial charge in [0.15, 0.2) is 0 Å². The molecule has 0 aromatic heterocycles. The Balaban J connectivity index is 3.98. The third kappa shape index (κ3) is 11.9. The van der Waals surface area contributed by atoms with Crippen LogP contribution < -0.4 is 5.32 Å². The van der Waals surface area contributed by atoms with Crippen molar-refractivity contribution in [3.8, 4) is 0 Å². The van der Waals surface area contributed by atoms with Gasteiger partial charge in [-0.25, -0.2) is 9.59 Å². The molecule has 1 atom stereocenters. The number of unbranched alkanes of at least 4 members (excludes halogenated alkanes) is 6. The minimum atomic E-state index is -0.649. The first-order valence-corrected chi connectivity index (χ1v) is 9.12. The average molecular weight is 329 g/mol. The first kappa shape index (κ1) is 21.7. The highest BCUT2D eigenvalue weighted by Crippen LogP contribution is 2.08. The predicted octanol–water partition coefficient (Wildman–Crippen LogP) is 4.44. The minimum Gasteiger partial charge on any atom is -0.464 e. The second-order valence-electron chi connectivity index (χ2n) is 6.29. The van der Waals surface area contributed by atoms with Crippen molar-refractivity contribution in [2.45, 2.75) is 85.1 Å². The molecule has 5 nitrogen and oxygen atoms in total. The molecule has 0 aliphatic carbocycles. The quantitative estimate of drug-likeness (QED) is 0.401. The van der Waals surface area contributed by atoms with Crippen molar-refractivity contribution in [2.75, 3.05) is 13.2 Å². The molecule has 0 radical (unpaired) electrons. The Labute approximate surface area is 141 Å². The molecule has 0 saturated carbocycles. The van der Waals surface area contributed by atoms with Crippen LogP contribution in [0.1, 0.15) is 79.1 Å². The van der Waals surface area contributed by atoms with Crippen molar-refractivity contribution in [2.24, 2.45) is 5.92 Å². The Morgan fingerprint density at radius 3 is 2.00 bits per heavy atom. The van der Waals surface area contributed by atoms with Crippen LogP contribution in [0.2, 0.25) is 0 Å². The van der Waals surface area contributed by atoms with E-state index in [1.54, 1.807) is 0 Å². The maximum Gasteiger partial charge on any atom is 0.407 e. The first-order valence-electron chi connectivity index (χ1n) is 9.12. The lowest BCUT2D eigenvalue weighted by Gasteiger charge is -2.20. The summed E-state index contributed by atoms with van der Waals surface area (Å²) in [5.74, 6) is -0.410. The van der Waals surface area contributed by atoms with Gasteiger partial charge in [-0.05, 0) is 18.8 Å². The summed E-state index contributed by atoms with van der Waals surface area (Å²) in [4.78, 5) is 23.8. The van der Waals surface area contributed by atoms with Gasteiger partial charge in [0, 0.05) is 0 Å². The number of hydrogen-bond acceptors (Lipinski definition) is 4. The van der Waals surface area contributed by atoms with Crippen LogP contribution in [0.15, 0.2) is 0 Å². The van der Waals surface area contributed by atoms with E-state index in [0.29, 0.717) is 13.2 Å². The molecule has 0 rings (SSSR count). The highest BCUT2D eigenvalue weighted by Gasteiger charge is 2.26. The van der Waals surface area contributed by atoms with Gasteiger partial charge in [-0.1, -0.05) is 66.2 Å². The van der Waals surface area contributed by atoms with Crippen molar-refractivity contribution in [3.05, 3.63) is 0 Å². The van der Waals surface area contributed by atoms with E-state index in [4.69, 9.17) is 9.47 Å². The van der Waals surface area contributed by atoms with Gasteiger partial charge in [-0.2, -0.15) is 0 Å². The minimum absolute atomic E-state index is 0.0363. The number of nitrogens with one attached hydrogen (secondary N) is 1. The number of ether oxygens (including phenoxy) is 2. The smallest absolute Gasteiger partial charge is 0.407 e. The molecule has 0 fully saturated rings. The van der Waals surface area contributed by atoms with E-state index >= 15 is 0 Å². The van der Waals surface area contributed by atoms with Crippen molar-refractivity contribution in [1.29, 1.82) is 0 Å². The number of carbonyl (C=O) groups is 2. The number of alkyl carbamates (subject to hydrolysis) is 1. The zero-order chi connectivity index (χ0) is 17.5. The summed E-state index contributed by atoms with van der Waals surface area (Å²) < 4.78 is 10.3. The van der Waals surface area contributed by atoms with E-state index in [0.717, 1.165) is 25.7 Å². The topological polar surface area (TPSA) is 64.6 Å². The summed E-state index contributed by atoms with van der Waals surface area (Å²) in [6, 6.07) is -0.649. The highest BCUT2D eigenvalue weighted by molar-refractivity contribution is 5.81. The van der Waals surface area contributed by atoms with Gasteiger partial charge in [0.25, 0.3) is 0 Å². The standard InChI is InChI=1S/C18H35NO4/c1-5-7-9-10-11-12-14-22-17(20)16(15(3)4)19-18(21)23-13-8-6-2/h15-16H,5-14H2,1-4H3,(H,19,21)/t16-/m0/s1. The van der Waals surface area contributed by atoms with Gasteiger partial charge < -0.3 is 14.8 Å². The summed E-state index contributed by atoms with van der Waals surface area (Å²) in [5, 5.41) is 2.61. The Morgan fingerprint density at radius 2 is 1.39 bits per heavy atom. The lowest BCUT2D eigenvalue weighted by Crippen LogP contribution is -2.45. The molecule has 0 heterocycles. The third-order valence-corrected chi connectivity index (χ3v) is 3.67. The van der Waals surface area contributed by atoms with Crippen LogP contribution in [0, 0.1) is 5.92 Å². The largest absolute Gasteiger partial charge is 0.464 e. The second-order valence-corrected chi connectivity index (χ2v) is 6.29. The zero-order valence-corrected chi connectivity index (χ0v) is 15.4. The Hall–Kier alpha value is -1.26. The summed E-state index contributed by atoms with van der Waals surface area (Å²) >= 11 is 0. The normalized spacial score (nSPS) is 12.0. The lowest BCUT2D eigenvalue weighted by molar-refractivity contribution is -0.147. The molecule has 5 heteroatoms. The van der Waals surface area contributed by atoms with Crippen LogP contribution in [-0.2, 0) is 14.3 Å². The molecule has 23 heavy (non-hydrogen) atoms. The zero-order valence-electron chi connectivity index (χ0n) is 15.4. The molecule has 0 aromatic carbocycles. The van der Waals surface area contributed by atoms with Crippen LogP contribution in [0.4, 0.5) is 4.79 Å². The summed E-state index contributed by atoms with van der Waals surface area (Å²) in [5.41, 5.74) is 0. The monoisotopic (exact) mass is 329 g/mol. The number of hydrogen-bond donors (Lipinski definition) is 1. The van der Waals surface area contributed by atoms with Gasteiger partial charge in [0.05, 0.1) is 13.2 Å². The van der Waals surface area contributed by atoms with Gasteiger partial charge in [0.1, 0.15) is 6.04 Å². The number of esters is 1. The fourth-order valence-electron chi connectivity index (χ4n) is 2.12. The van der Waals surface area contributed by atoms with Crippen molar-refractivity contribution < 1.29 is 19.1 Å². The molecule has 0 saturated heterocycles. The fourth-order valence-corrected chi connectivity index (χ4v) is 2.12. The van der Waals surface area contributed by atoms with Crippen LogP contribution in [0.5, 0.6) is 0 Å². The van der Waals surface area contributed by atoms with E-state index in [1.807, 2.05) is 20.8 Å². The molecule has 0 aliphatic rings. The number of amides is 1. The molecule has 1 N–H and O–H groups in total. The Bertz CT molecular complexity index is 318. The molecule has 0 aliphatic heterocycles. The SMILES string of the molecule is CCCCCCCCOC(=O)[C@@H](NC(=O)OCCCC)C(C)C. The average Bonchev–Trinajstić information content (AvgIpc) is 2.51. The van der Waals surface area contributed by atoms with E-state index in [1.165, 1.54) is 25.7 Å². The second kappa shape index (κ2) is 14.3. The van der Waals surface area contributed by atoms with Crippen LogP contribution in [-0.4, -0.2) is 31.3 Å². The maximum atomic E-state index is 12.1. The van der Waals surface area contributed by atoms with Crippen LogP contribution in [0.25, 0.3) is 0 Å². The van der Waals surface area contributed by atoms with Crippen molar-refractivity contribution in [1.82, 2.24) is 5.32 Å². The molecule has 0 bridgehead atoms. The summed E-state index contributed by atoms with van der Waals surface area (Å²) in [6.07, 6.45) is 8.10. The first-order chi connectivity index (χ1) is 11.0. The van der Waals surface area contributed by atoms with Gasteiger partial charge >= 0.3 is 12.1 Å². The molecule has 136 valence electrons. The molecule has 0 spiro atoms. The molecule has 1 amide bonds. The fraction of sp³-hybridized carbons (Fsp3) is 0.889. The van der Waals surface area contributed by atoms with E-state index in [-0.39, 0.29) is 11.9 Å². The van der Waals surface area contributed by atoms with Gasteiger partial charge in [0.2, 0.25) is 0 Å². The molecular formula is C18H35NO4. The number of carbonyl (C=O) groups excluding carboxylic acids is 2.